The van der Waals surface area contributed by atoms with Gasteiger partial charge < -0.3 is 9.64 Å². The summed E-state index contributed by atoms with van der Waals surface area (Å²) in [6.07, 6.45) is 4.16. The van der Waals surface area contributed by atoms with E-state index in [0.717, 1.165) is 17.1 Å². The zero-order valence-corrected chi connectivity index (χ0v) is 11.3. The van der Waals surface area contributed by atoms with Gasteiger partial charge in [0.25, 0.3) is 0 Å². The Bertz CT molecular complexity index is 388. The summed E-state index contributed by atoms with van der Waals surface area (Å²) < 4.78 is 4.94. The molecule has 1 rings (SSSR count). The van der Waals surface area contributed by atoms with Crippen LogP contribution in [0.5, 0.6) is 0 Å². The molecule has 0 N–H and O–H groups in total. The molecule has 5 heteroatoms. The molecule has 0 radical (unpaired) electrons. The highest BCUT2D eigenvalue weighted by molar-refractivity contribution is 7.09. The average molecular weight is 254 g/mol. The smallest absolute Gasteiger partial charge is 0.246 e. The van der Waals surface area contributed by atoms with Crippen molar-refractivity contribution >= 4 is 23.3 Å². The molecule has 0 bridgehead atoms. The van der Waals surface area contributed by atoms with Crippen LogP contribution >= 0.6 is 11.3 Å². The Labute approximate surface area is 106 Å². The monoisotopic (exact) mass is 254 g/mol. The van der Waals surface area contributed by atoms with E-state index in [-0.39, 0.29) is 5.91 Å². The number of ether oxygens (including phenoxy) is 1. The molecule has 0 saturated carbocycles. The van der Waals surface area contributed by atoms with Crippen LogP contribution in [-0.2, 0) is 9.53 Å². The van der Waals surface area contributed by atoms with Gasteiger partial charge in [-0.15, -0.1) is 11.3 Å². The third-order valence-corrected chi connectivity index (χ3v) is 3.04. The van der Waals surface area contributed by atoms with Crippen molar-refractivity contribution in [2.75, 3.05) is 27.3 Å². The summed E-state index contributed by atoms with van der Waals surface area (Å²) in [7, 11) is 3.45. The SMILES string of the molecule is COCCCN(C)C(=O)/C=C/c1csc(C)n1. The molecule has 1 aromatic rings. The second kappa shape index (κ2) is 7.19. The molecule has 0 fully saturated rings. The molecule has 17 heavy (non-hydrogen) atoms. The fraction of sp³-hybridized carbons (Fsp3) is 0.500. The van der Waals surface area contributed by atoms with Gasteiger partial charge in [0.05, 0.1) is 10.7 Å². The number of carbonyl (C=O) groups excluding carboxylic acids is 1. The number of methoxy groups -OCH3 is 1. The van der Waals surface area contributed by atoms with Gasteiger partial charge >= 0.3 is 0 Å². The molecule has 1 aromatic heterocycles. The number of thiazole rings is 1. The lowest BCUT2D eigenvalue weighted by atomic mass is 10.3. The van der Waals surface area contributed by atoms with Gasteiger partial charge in [0.2, 0.25) is 5.91 Å². The molecular formula is C12H18N2O2S. The zero-order chi connectivity index (χ0) is 12.7. The lowest BCUT2D eigenvalue weighted by Gasteiger charge is -2.14. The number of nitrogens with zero attached hydrogens (tertiary/aromatic N) is 2. The van der Waals surface area contributed by atoms with Crippen molar-refractivity contribution < 1.29 is 9.53 Å². The van der Waals surface area contributed by atoms with Crippen LogP contribution in [0.4, 0.5) is 0 Å². The first-order valence-corrected chi connectivity index (χ1v) is 6.35. The minimum atomic E-state index is -0.00763. The van der Waals surface area contributed by atoms with Gasteiger partial charge in [0.15, 0.2) is 0 Å². The van der Waals surface area contributed by atoms with Crippen LogP contribution in [0.25, 0.3) is 6.08 Å². The minimum Gasteiger partial charge on any atom is -0.385 e. The van der Waals surface area contributed by atoms with Crippen LogP contribution in [0.3, 0.4) is 0 Å². The van der Waals surface area contributed by atoms with E-state index in [1.807, 2.05) is 12.3 Å². The van der Waals surface area contributed by atoms with Crippen molar-refractivity contribution in [3.05, 3.63) is 22.2 Å². The number of amides is 1. The largest absolute Gasteiger partial charge is 0.385 e. The lowest BCUT2D eigenvalue weighted by Crippen LogP contribution is -2.26. The first-order valence-electron chi connectivity index (χ1n) is 5.47. The van der Waals surface area contributed by atoms with E-state index < -0.39 is 0 Å². The number of carbonyl (C=O) groups is 1. The fourth-order valence-corrected chi connectivity index (χ4v) is 1.88. The van der Waals surface area contributed by atoms with Crippen LogP contribution in [-0.4, -0.2) is 43.1 Å². The molecule has 0 aliphatic rings. The van der Waals surface area contributed by atoms with E-state index in [1.165, 1.54) is 0 Å². The molecule has 0 aromatic carbocycles. The quantitative estimate of drug-likeness (QED) is 0.575. The molecule has 0 aliphatic heterocycles. The Morgan fingerprint density at radius 2 is 2.41 bits per heavy atom. The zero-order valence-electron chi connectivity index (χ0n) is 10.5. The van der Waals surface area contributed by atoms with Crippen LogP contribution < -0.4 is 0 Å². The third-order valence-electron chi connectivity index (χ3n) is 2.25. The van der Waals surface area contributed by atoms with Crippen molar-refractivity contribution in [1.82, 2.24) is 9.88 Å². The third kappa shape index (κ3) is 5.10. The van der Waals surface area contributed by atoms with Gasteiger partial charge in [-0.2, -0.15) is 0 Å². The van der Waals surface area contributed by atoms with E-state index in [2.05, 4.69) is 4.98 Å². The first kappa shape index (κ1) is 13.9. The van der Waals surface area contributed by atoms with Gasteiger partial charge in [-0.25, -0.2) is 4.98 Å². The topological polar surface area (TPSA) is 42.4 Å². The normalized spacial score (nSPS) is 11.0. The van der Waals surface area contributed by atoms with Gasteiger partial charge in [0.1, 0.15) is 0 Å². The number of aryl methyl sites for hydroxylation is 1. The molecule has 1 amide bonds. The maximum atomic E-state index is 11.7. The van der Waals surface area contributed by atoms with E-state index in [4.69, 9.17) is 4.74 Å². The molecule has 0 unspecified atom stereocenters. The van der Waals surface area contributed by atoms with E-state index in [9.17, 15) is 4.79 Å². The molecule has 1 heterocycles. The highest BCUT2D eigenvalue weighted by Crippen LogP contribution is 2.09. The Morgan fingerprint density at radius 3 is 3.00 bits per heavy atom. The van der Waals surface area contributed by atoms with Gasteiger partial charge in [0, 0.05) is 38.8 Å². The van der Waals surface area contributed by atoms with Gasteiger partial charge in [-0.3, -0.25) is 4.79 Å². The Hall–Kier alpha value is -1.20. The highest BCUT2D eigenvalue weighted by Gasteiger charge is 2.04. The van der Waals surface area contributed by atoms with E-state index in [0.29, 0.717) is 13.2 Å². The molecule has 0 spiro atoms. The maximum absolute atomic E-state index is 11.7. The van der Waals surface area contributed by atoms with Gasteiger partial charge in [-0.1, -0.05) is 0 Å². The van der Waals surface area contributed by atoms with Crippen molar-refractivity contribution in [2.24, 2.45) is 0 Å². The summed E-state index contributed by atoms with van der Waals surface area (Å²) >= 11 is 1.58. The van der Waals surface area contributed by atoms with Crippen molar-refractivity contribution in [3.8, 4) is 0 Å². The fourth-order valence-electron chi connectivity index (χ4n) is 1.30. The van der Waals surface area contributed by atoms with Gasteiger partial charge in [-0.05, 0) is 19.4 Å². The average Bonchev–Trinajstić information content (AvgIpc) is 2.72. The first-order chi connectivity index (χ1) is 8.13. The lowest BCUT2D eigenvalue weighted by molar-refractivity contribution is -0.124. The number of likely N-dealkylation sites (N-methyl/N-ethyl adjacent to an activating group) is 1. The number of hydrogen-bond acceptors (Lipinski definition) is 4. The number of hydrogen-bond donors (Lipinski definition) is 0. The predicted molar refractivity (Wildman–Crippen MR) is 70.0 cm³/mol. The van der Waals surface area contributed by atoms with Crippen LogP contribution in [0, 0.1) is 6.92 Å². The second-order valence-electron chi connectivity index (χ2n) is 3.73. The summed E-state index contributed by atoms with van der Waals surface area (Å²) in [6.45, 7) is 3.32. The number of aromatic nitrogens is 1. The van der Waals surface area contributed by atoms with Crippen molar-refractivity contribution in [2.45, 2.75) is 13.3 Å². The number of rotatable bonds is 6. The van der Waals surface area contributed by atoms with Crippen molar-refractivity contribution in [3.63, 3.8) is 0 Å². The standard InChI is InChI=1S/C12H18N2O2S/c1-10-13-11(9-17-10)5-6-12(15)14(2)7-4-8-16-3/h5-6,9H,4,7-8H2,1-3H3/b6-5+. The van der Waals surface area contributed by atoms with Crippen LogP contribution in [0.15, 0.2) is 11.5 Å². The van der Waals surface area contributed by atoms with Crippen LogP contribution in [0.2, 0.25) is 0 Å². The summed E-state index contributed by atoms with van der Waals surface area (Å²) in [5.41, 5.74) is 0.839. The summed E-state index contributed by atoms with van der Waals surface area (Å²) in [5, 5.41) is 2.94. The molecule has 0 saturated heterocycles. The Balaban J connectivity index is 2.40. The van der Waals surface area contributed by atoms with Crippen molar-refractivity contribution in [1.29, 1.82) is 0 Å². The molecule has 4 nitrogen and oxygen atoms in total. The summed E-state index contributed by atoms with van der Waals surface area (Å²) in [6, 6.07) is 0. The Kier molecular flexibility index (Phi) is 5.86. The maximum Gasteiger partial charge on any atom is 0.246 e. The second-order valence-corrected chi connectivity index (χ2v) is 4.79. The highest BCUT2D eigenvalue weighted by atomic mass is 32.1. The summed E-state index contributed by atoms with van der Waals surface area (Å²) in [4.78, 5) is 17.6. The molecular weight excluding hydrogens is 236 g/mol. The van der Waals surface area contributed by atoms with E-state index in [1.54, 1.807) is 42.5 Å². The molecule has 0 atom stereocenters. The predicted octanol–water partition coefficient (Wildman–Crippen LogP) is 1.96. The summed E-state index contributed by atoms with van der Waals surface area (Å²) in [5.74, 6) is -0.00763. The van der Waals surface area contributed by atoms with E-state index >= 15 is 0 Å². The molecule has 94 valence electrons. The Morgan fingerprint density at radius 1 is 1.65 bits per heavy atom. The van der Waals surface area contributed by atoms with Crippen LogP contribution in [0.1, 0.15) is 17.1 Å². The minimum absolute atomic E-state index is 0.00763. The molecule has 0 aliphatic carbocycles.